The number of hydrogen-bond donors (Lipinski definition) is 2. The van der Waals surface area contributed by atoms with Crippen molar-refractivity contribution in [3.8, 4) is 0 Å². The van der Waals surface area contributed by atoms with E-state index >= 15 is 0 Å². The van der Waals surface area contributed by atoms with E-state index in [0.29, 0.717) is 11.7 Å². The summed E-state index contributed by atoms with van der Waals surface area (Å²) in [6.07, 6.45) is 1.95. The normalized spacial score (nSPS) is 27.2. The van der Waals surface area contributed by atoms with Gasteiger partial charge in [0.15, 0.2) is 6.04 Å². The molecule has 3 unspecified atom stereocenters. The molecule has 2 rings (SSSR count). The number of nitrogens with two attached hydrogens (primary N) is 1. The number of carbonyl (C=O) groups excluding carboxylic acids is 2. The lowest BCUT2D eigenvalue weighted by molar-refractivity contribution is -0.156. The minimum Gasteiger partial charge on any atom is -0.480 e. The van der Waals surface area contributed by atoms with Gasteiger partial charge < -0.3 is 20.5 Å². The van der Waals surface area contributed by atoms with Gasteiger partial charge in [-0.2, -0.15) is 0 Å². The fourth-order valence-electron chi connectivity index (χ4n) is 2.24. The van der Waals surface area contributed by atoms with Gasteiger partial charge in [-0.05, 0) is 25.7 Å². The average Bonchev–Trinajstić information content (AvgIpc) is 3.15. The average molecular weight is 302 g/mol. The third kappa shape index (κ3) is 2.90. The molecule has 1 saturated carbocycles. The predicted octanol–water partition coefficient (Wildman–Crippen LogP) is -0.358. The van der Waals surface area contributed by atoms with Crippen LogP contribution in [0.25, 0.3) is 0 Å². The smallest absolute Gasteiger partial charge is 0.332 e. The Labute approximate surface area is 120 Å². The quantitative estimate of drug-likeness (QED) is 0.527. The lowest BCUT2D eigenvalue weighted by Crippen LogP contribution is -2.55. The van der Waals surface area contributed by atoms with Gasteiger partial charge in [-0.15, -0.1) is 11.8 Å². The van der Waals surface area contributed by atoms with Crippen molar-refractivity contribution >= 4 is 29.6 Å². The van der Waals surface area contributed by atoms with Gasteiger partial charge in [0.1, 0.15) is 6.04 Å². The number of carboxylic acid groups (broad SMARTS) is 1. The molecule has 2 aliphatic rings. The number of esters is 1. The van der Waals surface area contributed by atoms with Crippen LogP contribution in [-0.4, -0.2) is 57.7 Å². The molecule has 0 aromatic heterocycles. The number of rotatable bonds is 5. The summed E-state index contributed by atoms with van der Waals surface area (Å²) < 4.78 is 4.73. The lowest BCUT2D eigenvalue weighted by atomic mass is 10.2. The van der Waals surface area contributed by atoms with Gasteiger partial charge in [0, 0.05) is 5.75 Å². The minimum absolute atomic E-state index is 0.128. The van der Waals surface area contributed by atoms with Crippen LogP contribution < -0.4 is 5.73 Å². The van der Waals surface area contributed by atoms with Crippen molar-refractivity contribution in [2.45, 2.75) is 37.2 Å². The largest absolute Gasteiger partial charge is 0.480 e. The van der Waals surface area contributed by atoms with Crippen molar-refractivity contribution in [1.29, 1.82) is 0 Å². The van der Waals surface area contributed by atoms with E-state index in [1.54, 1.807) is 6.92 Å². The molecule has 1 heterocycles. The zero-order chi connectivity index (χ0) is 14.9. The summed E-state index contributed by atoms with van der Waals surface area (Å²) in [5.41, 5.74) is 5.60. The molecule has 1 amide bonds. The molecule has 20 heavy (non-hydrogen) atoms. The molecule has 1 aliphatic heterocycles. The van der Waals surface area contributed by atoms with Gasteiger partial charge in [0.05, 0.1) is 12.0 Å². The van der Waals surface area contributed by atoms with Crippen molar-refractivity contribution in [2.24, 2.45) is 11.7 Å². The predicted molar refractivity (Wildman–Crippen MR) is 71.8 cm³/mol. The first-order chi connectivity index (χ1) is 9.47. The maximum absolute atomic E-state index is 12.3. The number of thioether (sulfide) groups is 1. The third-order valence-corrected chi connectivity index (χ3v) is 4.87. The van der Waals surface area contributed by atoms with E-state index in [1.165, 1.54) is 16.7 Å². The van der Waals surface area contributed by atoms with Crippen molar-refractivity contribution in [3.63, 3.8) is 0 Å². The zero-order valence-corrected chi connectivity index (χ0v) is 12.0. The van der Waals surface area contributed by atoms with Gasteiger partial charge in [-0.1, -0.05) is 0 Å². The molecular formula is C12H18N2O5S. The Morgan fingerprint density at radius 3 is 2.60 bits per heavy atom. The molecule has 112 valence electrons. The van der Waals surface area contributed by atoms with Gasteiger partial charge in [-0.25, -0.2) is 9.59 Å². The van der Waals surface area contributed by atoms with Crippen LogP contribution in [0.5, 0.6) is 0 Å². The standard InChI is InChI=1S/C12H18N2O5S/c1-2-19-12(18)8(13)9(15)14-7(11(16)17)5-20-10(14)6-3-4-6/h6-8,10H,2-5,13H2,1H3,(H,16,17). The molecule has 0 bridgehead atoms. The summed E-state index contributed by atoms with van der Waals surface area (Å²) in [5.74, 6) is -1.89. The minimum atomic E-state index is -1.45. The highest BCUT2D eigenvalue weighted by atomic mass is 32.2. The Bertz CT molecular complexity index is 426. The monoisotopic (exact) mass is 302 g/mol. The van der Waals surface area contributed by atoms with E-state index in [4.69, 9.17) is 10.5 Å². The van der Waals surface area contributed by atoms with Gasteiger partial charge >= 0.3 is 11.9 Å². The summed E-state index contributed by atoms with van der Waals surface area (Å²) in [7, 11) is 0. The topological polar surface area (TPSA) is 110 Å². The molecule has 0 aromatic carbocycles. The van der Waals surface area contributed by atoms with Crippen LogP contribution in [0, 0.1) is 5.92 Å². The summed E-state index contributed by atoms with van der Waals surface area (Å²) in [5, 5.41) is 9.02. The molecule has 3 N–H and O–H groups in total. The highest BCUT2D eigenvalue weighted by Gasteiger charge is 2.49. The van der Waals surface area contributed by atoms with Crippen molar-refractivity contribution in [2.75, 3.05) is 12.4 Å². The Balaban J connectivity index is 2.14. The Hall–Kier alpha value is -1.28. The number of amides is 1. The first-order valence-electron chi connectivity index (χ1n) is 6.56. The fraction of sp³-hybridized carbons (Fsp3) is 0.750. The molecule has 7 nitrogen and oxygen atoms in total. The molecule has 3 atom stereocenters. The van der Waals surface area contributed by atoms with Crippen LogP contribution in [-0.2, 0) is 19.1 Å². The number of hydrogen-bond acceptors (Lipinski definition) is 6. The summed E-state index contributed by atoms with van der Waals surface area (Å²) in [4.78, 5) is 36.4. The highest BCUT2D eigenvalue weighted by Crippen LogP contribution is 2.45. The van der Waals surface area contributed by atoms with Gasteiger partial charge in [0.25, 0.3) is 5.91 Å². The summed E-state index contributed by atoms with van der Waals surface area (Å²) in [6.45, 7) is 1.75. The van der Waals surface area contributed by atoms with E-state index in [1.807, 2.05) is 0 Å². The summed E-state index contributed by atoms with van der Waals surface area (Å²) in [6, 6.07) is -2.37. The van der Waals surface area contributed by atoms with Crippen molar-refractivity contribution in [1.82, 2.24) is 4.90 Å². The molecule has 1 aliphatic carbocycles. The second-order valence-electron chi connectivity index (χ2n) is 4.89. The van der Waals surface area contributed by atoms with Gasteiger partial charge in [0.2, 0.25) is 0 Å². The molecule has 1 saturated heterocycles. The van der Waals surface area contributed by atoms with Crippen molar-refractivity contribution < 1.29 is 24.2 Å². The van der Waals surface area contributed by atoms with E-state index in [-0.39, 0.29) is 12.0 Å². The number of nitrogens with zero attached hydrogens (tertiary/aromatic N) is 1. The maximum atomic E-state index is 12.3. The Morgan fingerprint density at radius 1 is 1.45 bits per heavy atom. The van der Waals surface area contributed by atoms with Crippen LogP contribution in [0.1, 0.15) is 19.8 Å². The summed E-state index contributed by atoms with van der Waals surface area (Å²) >= 11 is 1.44. The van der Waals surface area contributed by atoms with Crippen molar-refractivity contribution in [3.05, 3.63) is 0 Å². The van der Waals surface area contributed by atoms with Crippen LogP contribution >= 0.6 is 11.8 Å². The lowest BCUT2D eigenvalue weighted by Gasteiger charge is -2.29. The van der Waals surface area contributed by atoms with Gasteiger partial charge in [-0.3, -0.25) is 4.79 Å². The molecule has 0 radical (unpaired) electrons. The second kappa shape index (κ2) is 6.01. The number of carbonyl (C=O) groups is 3. The third-order valence-electron chi connectivity index (χ3n) is 3.41. The maximum Gasteiger partial charge on any atom is 0.332 e. The number of carboxylic acids is 1. The molecule has 8 heteroatoms. The number of aliphatic carboxylic acids is 1. The van der Waals surface area contributed by atoms with E-state index in [0.717, 1.165) is 12.8 Å². The molecule has 2 fully saturated rings. The van der Waals surface area contributed by atoms with E-state index in [9.17, 15) is 19.5 Å². The number of ether oxygens (including phenoxy) is 1. The zero-order valence-electron chi connectivity index (χ0n) is 11.2. The van der Waals surface area contributed by atoms with Crippen LogP contribution in [0.2, 0.25) is 0 Å². The highest BCUT2D eigenvalue weighted by molar-refractivity contribution is 8.00. The Kier molecular flexibility index (Phi) is 4.54. The molecular weight excluding hydrogens is 284 g/mol. The van der Waals surface area contributed by atoms with Crippen LogP contribution in [0.15, 0.2) is 0 Å². The Morgan fingerprint density at radius 2 is 2.10 bits per heavy atom. The van der Waals surface area contributed by atoms with E-state index < -0.39 is 29.9 Å². The molecule has 0 aromatic rings. The molecule has 0 spiro atoms. The second-order valence-corrected chi connectivity index (χ2v) is 6.04. The first kappa shape index (κ1) is 15.1. The fourth-order valence-corrected chi connectivity index (χ4v) is 3.87. The van der Waals surface area contributed by atoms with E-state index in [2.05, 4.69) is 0 Å². The van der Waals surface area contributed by atoms with Crippen LogP contribution in [0.3, 0.4) is 0 Å². The SMILES string of the molecule is CCOC(=O)C(N)C(=O)N1C(C(=O)O)CSC1C1CC1. The van der Waals surface area contributed by atoms with Crippen LogP contribution in [0.4, 0.5) is 0 Å². The first-order valence-corrected chi connectivity index (χ1v) is 7.61.